The lowest BCUT2D eigenvalue weighted by Gasteiger charge is -2.16. The number of hydrogen-bond donors (Lipinski definition) is 1. The molecule has 2 heteroatoms. The molecule has 0 heterocycles. The first-order valence-electron chi connectivity index (χ1n) is 6.26. The van der Waals surface area contributed by atoms with Crippen LogP contribution in [-0.2, 0) is 0 Å². The van der Waals surface area contributed by atoms with E-state index in [4.69, 9.17) is 4.74 Å². The first-order valence-corrected chi connectivity index (χ1v) is 6.26. The highest BCUT2D eigenvalue weighted by molar-refractivity contribution is 5.36. The summed E-state index contributed by atoms with van der Waals surface area (Å²) in [6.45, 7) is 6.08. The zero-order valence-electron chi connectivity index (χ0n) is 10.2. The van der Waals surface area contributed by atoms with Gasteiger partial charge in [-0.1, -0.05) is 25.1 Å². The SMILES string of the molecule is CCOc1ccccc1C(C)CNC1CC1. The van der Waals surface area contributed by atoms with Gasteiger partial charge in [0.25, 0.3) is 0 Å². The Bertz CT molecular complexity index is 333. The minimum absolute atomic E-state index is 0.517. The molecule has 0 amide bonds. The Hall–Kier alpha value is -1.02. The number of nitrogens with one attached hydrogen (secondary N) is 1. The van der Waals surface area contributed by atoms with Crippen LogP contribution in [0.4, 0.5) is 0 Å². The average Bonchev–Trinajstić information content (AvgIpc) is 3.11. The van der Waals surface area contributed by atoms with Crippen molar-refractivity contribution in [1.29, 1.82) is 0 Å². The topological polar surface area (TPSA) is 21.3 Å². The van der Waals surface area contributed by atoms with Crippen LogP contribution in [0.1, 0.15) is 38.2 Å². The number of ether oxygens (including phenoxy) is 1. The molecule has 0 saturated heterocycles. The molecule has 0 radical (unpaired) electrons. The maximum atomic E-state index is 5.65. The molecule has 1 unspecified atom stereocenters. The van der Waals surface area contributed by atoms with Crippen LogP contribution in [0.15, 0.2) is 24.3 Å². The average molecular weight is 219 g/mol. The second kappa shape index (κ2) is 5.35. The fraction of sp³-hybridized carbons (Fsp3) is 0.571. The fourth-order valence-corrected chi connectivity index (χ4v) is 1.92. The lowest BCUT2D eigenvalue weighted by Crippen LogP contribution is -2.22. The third kappa shape index (κ3) is 2.99. The van der Waals surface area contributed by atoms with Crippen LogP contribution in [0.3, 0.4) is 0 Å². The van der Waals surface area contributed by atoms with Crippen molar-refractivity contribution in [2.24, 2.45) is 0 Å². The zero-order chi connectivity index (χ0) is 11.4. The van der Waals surface area contributed by atoms with Gasteiger partial charge in [-0.25, -0.2) is 0 Å². The van der Waals surface area contributed by atoms with Crippen molar-refractivity contribution in [3.05, 3.63) is 29.8 Å². The Kier molecular flexibility index (Phi) is 3.83. The van der Waals surface area contributed by atoms with Crippen molar-refractivity contribution in [3.63, 3.8) is 0 Å². The largest absolute Gasteiger partial charge is 0.494 e. The molecule has 0 aromatic heterocycles. The molecule has 1 fully saturated rings. The standard InChI is InChI=1S/C14H21NO/c1-3-16-14-7-5-4-6-13(14)11(2)10-15-12-8-9-12/h4-7,11-12,15H,3,8-10H2,1-2H3. The van der Waals surface area contributed by atoms with Crippen molar-refractivity contribution in [3.8, 4) is 5.75 Å². The van der Waals surface area contributed by atoms with Crippen molar-refractivity contribution >= 4 is 0 Å². The van der Waals surface area contributed by atoms with Gasteiger partial charge in [-0.15, -0.1) is 0 Å². The predicted molar refractivity (Wildman–Crippen MR) is 67.1 cm³/mol. The van der Waals surface area contributed by atoms with Gasteiger partial charge >= 0.3 is 0 Å². The molecule has 1 aromatic carbocycles. The lowest BCUT2D eigenvalue weighted by atomic mass is 10.00. The summed E-state index contributed by atoms with van der Waals surface area (Å²) in [5, 5.41) is 3.57. The molecule has 0 bridgehead atoms. The molecule has 1 saturated carbocycles. The summed E-state index contributed by atoms with van der Waals surface area (Å²) in [6.07, 6.45) is 2.69. The molecule has 1 aliphatic carbocycles. The molecule has 16 heavy (non-hydrogen) atoms. The van der Waals surface area contributed by atoms with Gasteiger partial charge in [0.05, 0.1) is 6.61 Å². The normalized spacial score (nSPS) is 17.1. The fourth-order valence-electron chi connectivity index (χ4n) is 1.92. The molecule has 1 N–H and O–H groups in total. The lowest BCUT2D eigenvalue weighted by molar-refractivity contribution is 0.334. The Labute approximate surface area is 98.0 Å². The van der Waals surface area contributed by atoms with Crippen LogP contribution in [0.2, 0.25) is 0 Å². The highest BCUT2D eigenvalue weighted by Crippen LogP contribution is 2.27. The molecule has 1 aromatic rings. The summed E-state index contributed by atoms with van der Waals surface area (Å²) < 4.78 is 5.65. The Morgan fingerprint density at radius 2 is 2.12 bits per heavy atom. The van der Waals surface area contributed by atoms with E-state index in [9.17, 15) is 0 Å². The van der Waals surface area contributed by atoms with Gasteiger partial charge in [-0.3, -0.25) is 0 Å². The van der Waals surface area contributed by atoms with E-state index in [-0.39, 0.29) is 0 Å². The van der Waals surface area contributed by atoms with E-state index in [0.29, 0.717) is 5.92 Å². The number of rotatable bonds is 6. The quantitative estimate of drug-likeness (QED) is 0.794. The van der Waals surface area contributed by atoms with E-state index in [1.165, 1.54) is 18.4 Å². The first-order chi connectivity index (χ1) is 7.81. The molecule has 88 valence electrons. The maximum absolute atomic E-state index is 5.65. The molecule has 0 aliphatic heterocycles. The molecule has 1 atom stereocenters. The zero-order valence-corrected chi connectivity index (χ0v) is 10.2. The summed E-state index contributed by atoms with van der Waals surface area (Å²) in [5.41, 5.74) is 1.32. The number of hydrogen-bond acceptors (Lipinski definition) is 2. The molecule has 1 aliphatic rings. The summed E-state index contributed by atoms with van der Waals surface area (Å²) in [4.78, 5) is 0. The first kappa shape index (κ1) is 11.5. The molecular weight excluding hydrogens is 198 g/mol. The van der Waals surface area contributed by atoms with Gasteiger partial charge in [0.2, 0.25) is 0 Å². The van der Waals surface area contributed by atoms with Crippen LogP contribution in [0.25, 0.3) is 0 Å². The van der Waals surface area contributed by atoms with Crippen LogP contribution in [0, 0.1) is 0 Å². The van der Waals surface area contributed by atoms with E-state index in [1.54, 1.807) is 0 Å². The Balaban J connectivity index is 1.98. The Morgan fingerprint density at radius 1 is 1.38 bits per heavy atom. The third-order valence-electron chi connectivity index (χ3n) is 3.04. The van der Waals surface area contributed by atoms with E-state index in [1.807, 2.05) is 13.0 Å². The molecule has 0 spiro atoms. The van der Waals surface area contributed by atoms with Gasteiger partial charge in [0, 0.05) is 12.6 Å². The van der Waals surface area contributed by atoms with Crippen LogP contribution < -0.4 is 10.1 Å². The molecular formula is C14H21NO. The van der Waals surface area contributed by atoms with Gasteiger partial charge in [0.1, 0.15) is 5.75 Å². The van der Waals surface area contributed by atoms with Crippen molar-refractivity contribution in [1.82, 2.24) is 5.32 Å². The molecule has 2 nitrogen and oxygen atoms in total. The van der Waals surface area contributed by atoms with E-state index >= 15 is 0 Å². The second-order valence-electron chi connectivity index (χ2n) is 4.55. The minimum Gasteiger partial charge on any atom is -0.494 e. The van der Waals surface area contributed by atoms with Crippen LogP contribution in [0.5, 0.6) is 5.75 Å². The van der Waals surface area contributed by atoms with Gasteiger partial charge in [0.15, 0.2) is 0 Å². The van der Waals surface area contributed by atoms with E-state index < -0.39 is 0 Å². The maximum Gasteiger partial charge on any atom is 0.122 e. The van der Waals surface area contributed by atoms with Crippen molar-refractivity contribution in [2.45, 2.75) is 38.6 Å². The van der Waals surface area contributed by atoms with Gasteiger partial charge < -0.3 is 10.1 Å². The highest BCUT2D eigenvalue weighted by Gasteiger charge is 2.21. The van der Waals surface area contributed by atoms with Gasteiger partial charge in [-0.05, 0) is 37.3 Å². The van der Waals surface area contributed by atoms with Crippen molar-refractivity contribution in [2.75, 3.05) is 13.2 Å². The molecule has 2 rings (SSSR count). The summed E-state index contributed by atoms with van der Waals surface area (Å²) in [7, 11) is 0. The monoisotopic (exact) mass is 219 g/mol. The van der Waals surface area contributed by atoms with Gasteiger partial charge in [-0.2, -0.15) is 0 Å². The van der Waals surface area contributed by atoms with Crippen molar-refractivity contribution < 1.29 is 4.74 Å². The smallest absolute Gasteiger partial charge is 0.122 e. The van der Waals surface area contributed by atoms with Crippen LogP contribution >= 0.6 is 0 Å². The highest BCUT2D eigenvalue weighted by atomic mass is 16.5. The third-order valence-corrected chi connectivity index (χ3v) is 3.04. The summed E-state index contributed by atoms with van der Waals surface area (Å²) in [6, 6.07) is 9.14. The van der Waals surface area contributed by atoms with E-state index in [0.717, 1.165) is 24.9 Å². The Morgan fingerprint density at radius 3 is 2.81 bits per heavy atom. The summed E-state index contributed by atoms with van der Waals surface area (Å²) >= 11 is 0. The second-order valence-corrected chi connectivity index (χ2v) is 4.55. The summed E-state index contributed by atoms with van der Waals surface area (Å²) in [5.74, 6) is 1.55. The predicted octanol–water partition coefficient (Wildman–Crippen LogP) is 2.94. The van der Waals surface area contributed by atoms with Crippen LogP contribution in [-0.4, -0.2) is 19.2 Å². The number of benzene rings is 1. The number of para-hydroxylation sites is 1. The van der Waals surface area contributed by atoms with E-state index in [2.05, 4.69) is 30.4 Å². The minimum atomic E-state index is 0.517.